The Labute approximate surface area is 61.0 Å². The van der Waals surface area contributed by atoms with E-state index in [1.165, 1.54) is 25.7 Å². The van der Waals surface area contributed by atoms with Gasteiger partial charge in [-0.05, 0) is 31.6 Å². The molecule has 2 bridgehead atoms. The smallest absolute Gasteiger partial charge is 0.137 e. The third-order valence-electron chi connectivity index (χ3n) is 2.85. The molecule has 0 amide bonds. The Bertz CT molecular complexity index is 138. The van der Waals surface area contributed by atoms with Crippen molar-refractivity contribution in [3.8, 4) is 0 Å². The third-order valence-corrected chi connectivity index (χ3v) is 2.85. The van der Waals surface area contributed by atoms with Crippen molar-refractivity contribution in [2.24, 2.45) is 5.92 Å². The molecule has 56 valence electrons. The highest BCUT2D eigenvalue weighted by molar-refractivity contribution is 5.58. The Balaban J connectivity index is 2.07. The zero-order valence-electron chi connectivity index (χ0n) is 6.05. The van der Waals surface area contributed by atoms with E-state index in [9.17, 15) is 4.79 Å². The maximum Gasteiger partial charge on any atom is 0.137 e. The summed E-state index contributed by atoms with van der Waals surface area (Å²) in [6, 6.07) is 0.840. The molecule has 0 aromatic carbocycles. The second-order valence-corrected chi connectivity index (χ2v) is 3.44. The van der Waals surface area contributed by atoms with Gasteiger partial charge in [0.15, 0.2) is 0 Å². The first kappa shape index (κ1) is 6.35. The summed E-state index contributed by atoms with van der Waals surface area (Å²) >= 11 is 0. The van der Waals surface area contributed by atoms with Crippen molar-refractivity contribution < 1.29 is 4.79 Å². The van der Waals surface area contributed by atoms with E-state index in [1.807, 2.05) is 0 Å². The monoisotopic (exact) mass is 139 g/mol. The lowest BCUT2D eigenvalue weighted by molar-refractivity contribution is -0.112. The average Bonchev–Trinajstić information content (AvgIpc) is 2.06. The van der Waals surface area contributed by atoms with Crippen molar-refractivity contribution in [3.05, 3.63) is 0 Å². The van der Waals surface area contributed by atoms with Gasteiger partial charge in [0.05, 0.1) is 6.04 Å². The van der Waals surface area contributed by atoms with Crippen LogP contribution in [0, 0.1) is 5.92 Å². The van der Waals surface area contributed by atoms with Crippen LogP contribution in [0.1, 0.15) is 25.7 Å². The second-order valence-electron chi connectivity index (χ2n) is 3.44. The number of hydrogen-bond acceptors (Lipinski definition) is 2. The number of hydrogen-bond donors (Lipinski definition) is 1. The molecular weight excluding hydrogens is 126 g/mol. The molecule has 1 N–H and O–H groups in total. The Morgan fingerprint density at radius 2 is 1.90 bits per heavy atom. The van der Waals surface area contributed by atoms with Crippen LogP contribution in [0.2, 0.25) is 0 Å². The molecule has 3 aliphatic rings. The van der Waals surface area contributed by atoms with Crippen molar-refractivity contribution in [2.45, 2.75) is 37.8 Å². The molecule has 1 atom stereocenters. The summed E-state index contributed by atoms with van der Waals surface area (Å²) in [7, 11) is 0. The SMILES string of the molecule is O=CC1NC2CCC1CC2. The van der Waals surface area contributed by atoms with Crippen LogP contribution in [0.25, 0.3) is 0 Å². The molecule has 2 nitrogen and oxygen atoms in total. The van der Waals surface area contributed by atoms with Crippen molar-refractivity contribution in [3.63, 3.8) is 0 Å². The summed E-state index contributed by atoms with van der Waals surface area (Å²) in [4.78, 5) is 10.5. The van der Waals surface area contributed by atoms with Crippen LogP contribution in [0.5, 0.6) is 0 Å². The van der Waals surface area contributed by atoms with Gasteiger partial charge < -0.3 is 10.1 Å². The highest BCUT2D eigenvalue weighted by atomic mass is 16.1. The fourth-order valence-electron chi connectivity index (χ4n) is 2.20. The van der Waals surface area contributed by atoms with Gasteiger partial charge in [0.2, 0.25) is 0 Å². The summed E-state index contributed by atoms with van der Waals surface area (Å²) in [6.45, 7) is 0. The molecule has 2 aliphatic heterocycles. The molecule has 0 aromatic heterocycles. The molecule has 0 aromatic rings. The van der Waals surface area contributed by atoms with Gasteiger partial charge >= 0.3 is 0 Å². The van der Waals surface area contributed by atoms with E-state index in [0.29, 0.717) is 12.0 Å². The maximum atomic E-state index is 10.5. The van der Waals surface area contributed by atoms with Gasteiger partial charge in [0.1, 0.15) is 6.29 Å². The van der Waals surface area contributed by atoms with Crippen LogP contribution >= 0.6 is 0 Å². The minimum atomic E-state index is 0.187. The van der Waals surface area contributed by atoms with E-state index in [0.717, 1.165) is 6.29 Å². The van der Waals surface area contributed by atoms with Crippen molar-refractivity contribution in [2.75, 3.05) is 0 Å². The van der Waals surface area contributed by atoms with Gasteiger partial charge in [-0.1, -0.05) is 0 Å². The largest absolute Gasteiger partial charge is 0.305 e. The average molecular weight is 139 g/mol. The Kier molecular flexibility index (Phi) is 1.49. The molecule has 10 heavy (non-hydrogen) atoms. The molecule has 1 saturated carbocycles. The van der Waals surface area contributed by atoms with E-state index in [4.69, 9.17) is 0 Å². The molecule has 1 unspecified atom stereocenters. The lowest BCUT2D eigenvalue weighted by atomic mass is 9.77. The summed E-state index contributed by atoms with van der Waals surface area (Å²) in [6.07, 6.45) is 6.18. The van der Waals surface area contributed by atoms with E-state index in [-0.39, 0.29) is 6.04 Å². The first-order valence-corrected chi connectivity index (χ1v) is 4.11. The first-order valence-electron chi connectivity index (χ1n) is 4.11. The van der Waals surface area contributed by atoms with Gasteiger partial charge in [0, 0.05) is 6.04 Å². The highest BCUT2D eigenvalue weighted by Crippen LogP contribution is 2.31. The summed E-state index contributed by atoms with van der Waals surface area (Å²) < 4.78 is 0. The molecule has 3 rings (SSSR count). The number of aldehydes is 1. The lowest BCUT2D eigenvalue weighted by Gasteiger charge is -2.41. The second kappa shape index (κ2) is 2.35. The molecule has 2 heteroatoms. The van der Waals surface area contributed by atoms with Crippen molar-refractivity contribution in [1.29, 1.82) is 0 Å². The van der Waals surface area contributed by atoms with Gasteiger partial charge in [-0.2, -0.15) is 0 Å². The fourth-order valence-corrected chi connectivity index (χ4v) is 2.20. The van der Waals surface area contributed by atoms with Crippen molar-refractivity contribution in [1.82, 2.24) is 5.32 Å². The summed E-state index contributed by atoms with van der Waals surface area (Å²) in [5.41, 5.74) is 0. The molecule has 1 aliphatic carbocycles. The number of nitrogens with one attached hydrogen (secondary N) is 1. The van der Waals surface area contributed by atoms with Gasteiger partial charge in [-0.25, -0.2) is 0 Å². The van der Waals surface area contributed by atoms with Crippen LogP contribution in [0.4, 0.5) is 0 Å². The number of rotatable bonds is 1. The Hall–Kier alpha value is -0.370. The zero-order chi connectivity index (χ0) is 6.97. The van der Waals surface area contributed by atoms with Crippen LogP contribution in [-0.2, 0) is 4.79 Å². The molecular formula is C8H13NO. The molecule has 2 heterocycles. The predicted octanol–water partition coefficient (Wildman–Crippen LogP) is 0.716. The number of carbonyl (C=O) groups is 1. The molecule has 0 spiro atoms. The quantitative estimate of drug-likeness (QED) is 0.542. The summed E-state index contributed by atoms with van der Waals surface area (Å²) in [5.74, 6) is 0.655. The molecule has 3 fully saturated rings. The Morgan fingerprint density at radius 3 is 2.20 bits per heavy atom. The fraction of sp³-hybridized carbons (Fsp3) is 0.875. The lowest BCUT2D eigenvalue weighted by Crippen LogP contribution is -2.52. The van der Waals surface area contributed by atoms with E-state index in [2.05, 4.69) is 5.32 Å². The van der Waals surface area contributed by atoms with E-state index < -0.39 is 0 Å². The standard InChI is InChI=1S/C8H13NO/c10-5-8-6-1-3-7(9-8)4-2-6/h5-9H,1-4H2. The van der Waals surface area contributed by atoms with E-state index >= 15 is 0 Å². The van der Waals surface area contributed by atoms with Crippen LogP contribution in [0.15, 0.2) is 0 Å². The molecule has 2 saturated heterocycles. The van der Waals surface area contributed by atoms with Crippen LogP contribution in [-0.4, -0.2) is 18.4 Å². The minimum absolute atomic E-state index is 0.187. The molecule has 0 radical (unpaired) electrons. The first-order chi connectivity index (χ1) is 4.90. The number of fused-ring (bicyclic) bond motifs is 3. The van der Waals surface area contributed by atoms with Gasteiger partial charge in [-0.15, -0.1) is 0 Å². The summed E-state index contributed by atoms with van der Waals surface area (Å²) in [5, 5.41) is 3.33. The Morgan fingerprint density at radius 1 is 1.20 bits per heavy atom. The highest BCUT2D eigenvalue weighted by Gasteiger charge is 2.34. The normalized spacial score (nSPS) is 45.4. The number of carbonyl (C=O) groups excluding carboxylic acids is 1. The maximum absolute atomic E-state index is 10.5. The van der Waals surface area contributed by atoms with Gasteiger partial charge in [-0.3, -0.25) is 0 Å². The van der Waals surface area contributed by atoms with E-state index in [1.54, 1.807) is 0 Å². The van der Waals surface area contributed by atoms with Crippen LogP contribution in [0.3, 0.4) is 0 Å². The van der Waals surface area contributed by atoms with Gasteiger partial charge in [0.25, 0.3) is 0 Å². The predicted molar refractivity (Wildman–Crippen MR) is 38.7 cm³/mol. The minimum Gasteiger partial charge on any atom is -0.305 e. The topological polar surface area (TPSA) is 29.1 Å². The number of piperidine rings is 2. The van der Waals surface area contributed by atoms with Crippen LogP contribution < -0.4 is 5.32 Å². The third kappa shape index (κ3) is 0.870. The zero-order valence-corrected chi connectivity index (χ0v) is 6.05. The van der Waals surface area contributed by atoms with Crippen molar-refractivity contribution >= 4 is 6.29 Å².